The maximum absolute atomic E-state index is 5.62. The molecule has 0 fully saturated rings. The van der Waals surface area contributed by atoms with Gasteiger partial charge in [0, 0.05) is 17.1 Å². The van der Waals surface area contributed by atoms with Crippen LogP contribution in [0.1, 0.15) is 11.4 Å². The molecular weight excluding hydrogens is 174 g/mol. The third-order valence-corrected chi connectivity index (χ3v) is 2.42. The molecular formula is C11H13N3. The Hall–Kier alpha value is -1.77. The van der Waals surface area contributed by atoms with Gasteiger partial charge in [0.15, 0.2) is 0 Å². The molecule has 72 valence electrons. The highest BCUT2D eigenvalue weighted by Gasteiger charge is 2.02. The monoisotopic (exact) mass is 187 g/mol. The first kappa shape index (κ1) is 8.81. The Bertz CT molecular complexity index is 440. The van der Waals surface area contributed by atoms with Crippen LogP contribution in [0.3, 0.4) is 0 Å². The molecule has 0 bridgehead atoms. The number of imidazole rings is 1. The van der Waals surface area contributed by atoms with Crippen LogP contribution in [0.4, 0.5) is 5.69 Å². The molecule has 0 aliphatic carbocycles. The van der Waals surface area contributed by atoms with E-state index in [1.165, 1.54) is 0 Å². The Labute approximate surface area is 83.2 Å². The second kappa shape index (κ2) is 3.18. The number of nitrogen functional groups attached to an aromatic ring is 1. The lowest BCUT2D eigenvalue weighted by Crippen LogP contribution is -1.95. The fraction of sp³-hybridized carbons (Fsp3) is 0.182. The predicted molar refractivity (Wildman–Crippen MR) is 57.5 cm³/mol. The number of hydrogen-bond acceptors (Lipinski definition) is 2. The first-order chi connectivity index (χ1) is 6.68. The van der Waals surface area contributed by atoms with Gasteiger partial charge in [-0.05, 0) is 38.1 Å². The van der Waals surface area contributed by atoms with E-state index in [1.54, 1.807) is 0 Å². The van der Waals surface area contributed by atoms with Crippen LogP contribution in [0, 0.1) is 13.8 Å². The van der Waals surface area contributed by atoms with Gasteiger partial charge < -0.3 is 10.3 Å². The van der Waals surface area contributed by atoms with E-state index < -0.39 is 0 Å². The van der Waals surface area contributed by atoms with E-state index in [9.17, 15) is 0 Å². The Morgan fingerprint density at radius 1 is 1.14 bits per heavy atom. The molecule has 0 aliphatic rings. The molecule has 0 saturated carbocycles. The SMILES string of the molecule is Cc1ncn(-c2ccc(N)cc2)c1C. The third kappa shape index (κ3) is 1.37. The molecule has 0 saturated heterocycles. The van der Waals surface area contributed by atoms with Crippen LogP contribution in [0.15, 0.2) is 30.6 Å². The Morgan fingerprint density at radius 2 is 1.79 bits per heavy atom. The van der Waals surface area contributed by atoms with Crippen molar-refractivity contribution in [3.05, 3.63) is 42.0 Å². The van der Waals surface area contributed by atoms with Crippen LogP contribution in [0.5, 0.6) is 0 Å². The highest BCUT2D eigenvalue weighted by Crippen LogP contribution is 2.14. The van der Waals surface area contributed by atoms with Gasteiger partial charge in [-0.25, -0.2) is 4.98 Å². The number of aromatic nitrogens is 2. The number of rotatable bonds is 1. The summed E-state index contributed by atoms with van der Waals surface area (Å²) in [7, 11) is 0. The van der Waals surface area contributed by atoms with Gasteiger partial charge in [0.1, 0.15) is 0 Å². The molecule has 3 heteroatoms. The topological polar surface area (TPSA) is 43.8 Å². The van der Waals surface area contributed by atoms with Crippen LogP contribution in [0.25, 0.3) is 5.69 Å². The molecule has 2 rings (SSSR count). The van der Waals surface area contributed by atoms with Crippen LogP contribution < -0.4 is 5.73 Å². The number of benzene rings is 1. The van der Waals surface area contributed by atoms with Crippen LogP contribution in [-0.4, -0.2) is 9.55 Å². The quantitative estimate of drug-likeness (QED) is 0.694. The summed E-state index contributed by atoms with van der Waals surface area (Å²) in [5, 5.41) is 0. The molecule has 14 heavy (non-hydrogen) atoms. The van der Waals surface area contributed by atoms with Gasteiger partial charge in [0.05, 0.1) is 12.0 Å². The standard InChI is InChI=1S/C11H13N3/c1-8-9(2)14(7-13-8)11-5-3-10(12)4-6-11/h3-7H,12H2,1-2H3. The average Bonchev–Trinajstić information content (AvgIpc) is 2.50. The van der Waals surface area contributed by atoms with Crippen molar-refractivity contribution in [1.29, 1.82) is 0 Å². The number of hydrogen-bond donors (Lipinski definition) is 1. The predicted octanol–water partition coefficient (Wildman–Crippen LogP) is 2.07. The number of nitrogens with two attached hydrogens (primary N) is 1. The highest BCUT2D eigenvalue weighted by atomic mass is 15.1. The van der Waals surface area contributed by atoms with Gasteiger partial charge in [0.2, 0.25) is 0 Å². The summed E-state index contributed by atoms with van der Waals surface area (Å²) in [5.74, 6) is 0. The summed E-state index contributed by atoms with van der Waals surface area (Å²) < 4.78 is 2.05. The van der Waals surface area contributed by atoms with Gasteiger partial charge in [-0.3, -0.25) is 0 Å². The zero-order chi connectivity index (χ0) is 10.1. The summed E-state index contributed by atoms with van der Waals surface area (Å²) >= 11 is 0. The third-order valence-electron chi connectivity index (χ3n) is 2.42. The van der Waals surface area contributed by atoms with Gasteiger partial charge >= 0.3 is 0 Å². The van der Waals surface area contributed by atoms with Crippen LogP contribution in [0.2, 0.25) is 0 Å². The van der Waals surface area contributed by atoms with E-state index >= 15 is 0 Å². The van der Waals surface area contributed by atoms with Crippen molar-refractivity contribution < 1.29 is 0 Å². The lowest BCUT2D eigenvalue weighted by molar-refractivity contribution is 1.00. The fourth-order valence-corrected chi connectivity index (χ4v) is 1.39. The summed E-state index contributed by atoms with van der Waals surface area (Å²) in [6, 6.07) is 7.76. The van der Waals surface area contributed by atoms with Crippen molar-refractivity contribution in [2.45, 2.75) is 13.8 Å². The lowest BCUT2D eigenvalue weighted by atomic mass is 10.2. The zero-order valence-electron chi connectivity index (χ0n) is 8.36. The van der Waals surface area contributed by atoms with Gasteiger partial charge in [-0.1, -0.05) is 0 Å². The van der Waals surface area contributed by atoms with Crippen molar-refractivity contribution in [2.24, 2.45) is 0 Å². The Kier molecular flexibility index (Phi) is 2.00. The fourth-order valence-electron chi connectivity index (χ4n) is 1.39. The number of nitrogens with zero attached hydrogens (tertiary/aromatic N) is 2. The Balaban J connectivity index is 2.49. The number of anilines is 1. The second-order valence-electron chi connectivity index (χ2n) is 3.38. The van der Waals surface area contributed by atoms with E-state index in [-0.39, 0.29) is 0 Å². The molecule has 0 unspecified atom stereocenters. The van der Waals surface area contributed by atoms with Gasteiger partial charge in [-0.15, -0.1) is 0 Å². The molecule has 0 atom stereocenters. The van der Waals surface area contributed by atoms with Crippen molar-refractivity contribution in [3.63, 3.8) is 0 Å². The first-order valence-corrected chi connectivity index (χ1v) is 4.55. The summed E-state index contributed by atoms with van der Waals surface area (Å²) in [4.78, 5) is 4.25. The summed E-state index contributed by atoms with van der Waals surface area (Å²) in [5.41, 5.74) is 9.72. The minimum Gasteiger partial charge on any atom is -0.399 e. The minimum absolute atomic E-state index is 0.781. The van der Waals surface area contributed by atoms with Gasteiger partial charge in [-0.2, -0.15) is 0 Å². The van der Waals surface area contributed by atoms with Crippen LogP contribution >= 0.6 is 0 Å². The molecule has 2 N–H and O–H groups in total. The molecule has 2 aromatic rings. The molecule has 0 radical (unpaired) electrons. The summed E-state index contributed by atoms with van der Waals surface area (Å²) in [6.45, 7) is 4.06. The van der Waals surface area contributed by atoms with Gasteiger partial charge in [0.25, 0.3) is 0 Å². The molecule has 3 nitrogen and oxygen atoms in total. The van der Waals surface area contributed by atoms with E-state index in [2.05, 4.69) is 16.5 Å². The van der Waals surface area contributed by atoms with Crippen molar-refractivity contribution in [3.8, 4) is 5.69 Å². The normalized spacial score (nSPS) is 10.4. The van der Waals surface area contributed by atoms with Crippen molar-refractivity contribution >= 4 is 5.69 Å². The average molecular weight is 187 g/mol. The lowest BCUT2D eigenvalue weighted by Gasteiger charge is -2.05. The highest BCUT2D eigenvalue weighted by molar-refractivity contribution is 5.45. The molecule has 0 spiro atoms. The largest absolute Gasteiger partial charge is 0.399 e. The van der Waals surface area contributed by atoms with E-state index in [0.29, 0.717) is 0 Å². The van der Waals surface area contributed by atoms with Crippen LogP contribution in [-0.2, 0) is 0 Å². The van der Waals surface area contributed by atoms with E-state index in [1.807, 2.05) is 37.5 Å². The molecule has 1 aromatic carbocycles. The smallest absolute Gasteiger partial charge is 0.0997 e. The maximum Gasteiger partial charge on any atom is 0.0997 e. The zero-order valence-corrected chi connectivity index (χ0v) is 8.36. The first-order valence-electron chi connectivity index (χ1n) is 4.55. The van der Waals surface area contributed by atoms with Crippen molar-refractivity contribution in [1.82, 2.24) is 9.55 Å². The molecule has 1 aromatic heterocycles. The van der Waals surface area contributed by atoms with Crippen molar-refractivity contribution in [2.75, 3.05) is 5.73 Å². The minimum atomic E-state index is 0.781. The summed E-state index contributed by atoms with van der Waals surface area (Å²) in [6.07, 6.45) is 1.83. The molecule has 0 amide bonds. The van der Waals surface area contributed by atoms with E-state index in [0.717, 1.165) is 22.8 Å². The molecule has 1 heterocycles. The molecule has 0 aliphatic heterocycles. The Morgan fingerprint density at radius 3 is 2.29 bits per heavy atom. The van der Waals surface area contributed by atoms with E-state index in [4.69, 9.17) is 5.73 Å². The maximum atomic E-state index is 5.62. The number of aryl methyl sites for hydroxylation is 1. The second-order valence-corrected chi connectivity index (χ2v) is 3.38.